The van der Waals surface area contributed by atoms with E-state index >= 15 is 0 Å². The van der Waals surface area contributed by atoms with E-state index in [1.54, 1.807) is 18.3 Å². The maximum absolute atomic E-state index is 12.2. The van der Waals surface area contributed by atoms with Crippen LogP contribution < -0.4 is 10.6 Å². The highest BCUT2D eigenvalue weighted by atomic mass is 32.2. The lowest BCUT2D eigenvalue weighted by Crippen LogP contribution is -2.30. The molecule has 0 radical (unpaired) electrons. The summed E-state index contributed by atoms with van der Waals surface area (Å²) in [6, 6.07) is 3.61. The number of hydrogen-bond acceptors (Lipinski definition) is 6. The molecule has 1 aliphatic rings. The number of amides is 1. The van der Waals surface area contributed by atoms with Gasteiger partial charge in [0.2, 0.25) is 0 Å². The highest BCUT2D eigenvalue weighted by molar-refractivity contribution is 7.99. The Kier molecular flexibility index (Phi) is 5.70. The molecule has 2 N–H and O–H groups in total. The van der Waals surface area contributed by atoms with Gasteiger partial charge in [0, 0.05) is 30.8 Å². The maximum Gasteiger partial charge on any atom is 0.251 e. The first-order valence-corrected chi connectivity index (χ1v) is 9.41. The van der Waals surface area contributed by atoms with Crippen molar-refractivity contribution in [2.24, 2.45) is 7.05 Å². The Morgan fingerprint density at radius 3 is 2.84 bits per heavy atom. The third-order valence-electron chi connectivity index (χ3n) is 4.19. The normalized spacial score (nSPS) is 15.5. The minimum absolute atomic E-state index is 0.0902. The standard InChI is InChI=1S/C17H24N6OS/c1-11(2)20-16(24)13-6-9-19-14(10-13)25-17-22-21-15(23(17)3)12-4-7-18-8-5-12/h6,9-12,18H,4-5,7-8H2,1-3H3,(H,20,24). The van der Waals surface area contributed by atoms with Crippen molar-refractivity contribution in [2.45, 2.75) is 48.8 Å². The van der Waals surface area contributed by atoms with Crippen LogP contribution in [-0.2, 0) is 7.05 Å². The van der Waals surface area contributed by atoms with E-state index in [4.69, 9.17) is 0 Å². The molecule has 3 heterocycles. The smallest absolute Gasteiger partial charge is 0.251 e. The number of pyridine rings is 1. The van der Waals surface area contributed by atoms with Crippen LogP contribution >= 0.6 is 11.8 Å². The molecule has 134 valence electrons. The van der Waals surface area contributed by atoms with Gasteiger partial charge in [-0.2, -0.15) is 0 Å². The monoisotopic (exact) mass is 360 g/mol. The molecule has 8 heteroatoms. The second-order valence-electron chi connectivity index (χ2n) is 6.54. The van der Waals surface area contributed by atoms with E-state index in [1.165, 1.54) is 11.8 Å². The summed E-state index contributed by atoms with van der Waals surface area (Å²) in [5.74, 6) is 1.38. The average molecular weight is 360 g/mol. The van der Waals surface area contributed by atoms with Gasteiger partial charge in [0.1, 0.15) is 10.9 Å². The number of hydrogen-bond donors (Lipinski definition) is 2. The highest BCUT2D eigenvalue weighted by Gasteiger charge is 2.22. The number of piperidine rings is 1. The summed E-state index contributed by atoms with van der Waals surface area (Å²) in [4.78, 5) is 16.5. The summed E-state index contributed by atoms with van der Waals surface area (Å²) in [5.41, 5.74) is 0.604. The molecule has 1 saturated heterocycles. The predicted molar refractivity (Wildman–Crippen MR) is 96.8 cm³/mol. The van der Waals surface area contributed by atoms with Crippen molar-refractivity contribution in [2.75, 3.05) is 13.1 Å². The number of carbonyl (C=O) groups excluding carboxylic acids is 1. The molecule has 1 aliphatic heterocycles. The van der Waals surface area contributed by atoms with Crippen molar-refractivity contribution in [3.8, 4) is 0 Å². The minimum atomic E-state index is -0.0902. The van der Waals surface area contributed by atoms with Crippen LogP contribution in [0.15, 0.2) is 28.5 Å². The molecule has 3 rings (SSSR count). The molecule has 0 saturated carbocycles. The molecular weight excluding hydrogens is 336 g/mol. The van der Waals surface area contributed by atoms with Gasteiger partial charge in [-0.25, -0.2) is 4.98 Å². The van der Waals surface area contributed by atoms with Crippen molar-refractivity contribution in [1.29, 1.82) is 0 Å². The molecule has 0 spiro atoms. The second kappa shape index (κ2) is 7.97. The van der Waals surface area contributed by atoms with Crippen LogP contribution in [0.3, 0.4) is 0 Å². The number of nitrogens with zero attached hydrogens (tertiary/aromatic N) is 4. The lowest BCUT2D eigenvalue weighted by atomic mass is 9.97. The van der Waals surface area contributed by atoms with E-state index in [-0.39, 0.29) is 11.9 Å². The first kappa shape index (κ1) is 17.9. The van der Waals surface area contributed by atoms with Crippen molar-refractivity contribution < 1.29 is 4.79 Å². The summed E-state index contributed by atoms with van der Waals surface area (Å²) in [7, 11) is 2.00. The Labute approximate surface area is 152 Å². The molecule has 0 aliphatic carbocycles. The fourth-order valence-electron chi connectivity index (χ4n) is 2.90. The molecular formula is C17H24N6OS. The Morgan fingerprint density at radius 1 is 1.36 bits per heavy atom. The second-order valence-corrected chi connectivity index (χ2v) is 7.52. The summed E-state index contributed by atoms with van der Waals surface area (Å²) in [5, 5.41) is 16.5. The van der Waals surface area contributed by atoms with Gasteiger partial charge < -0.3 is 15.2 Å². The predicted octanol–water partition coefficient (Wildman–Crippen LogP) is 1.97. The summed E-state index contributed by atoms with van der Waals surface area (Å²) < 4.78 is 2.04. The summed E-state index contributed by atoms with van der Waals surface area (Å²) >= 11 is 1.43. The Balaban J connectivity index is 1.74. The Morgan fingerprint density at radius 2 is 2.12 bits per heavy atom. The number of aromatic nitrogens is 4. The Bertz CT molecular complexity index is 738. The number of rotatable bonds is 5. The van der Waals surface area contributed by atoms with E-state index in [0.29, 0.717) is 11.5 Å². The van der Waals surface area contributed by atoms with E-state index < -0.39 is 0 Å². The molecule has 2 aromatic rings. The summed E-state index contributed by atoms with van der Waals surface area (Å²) in [6.07, 6.45) is 3.82. The lowest BCUT2D eigenvalue weighted by molar-refractivity contribution is 0.0942. The third kappa shape index (κ3) is 4.38. The molecule has 2 aromatic heterocycles. The van der Waals surface area contributed by atoms with Crippen molar-refractivity contribution in [3.05, 3.63) is 29.7 Å². The van der Waals surface area contributed by atoms with Crippen LogP contribution in [0.25, 0.3) is 0 Å². The van der Waals surface area contributed by atoms with Gasteiger partial charge in [-0.3, -0.25) is 4.79 Å². The van der Waals surface area contributed by atoms with Gasteiger partial charge in [0.05, 0.1) is 0 Å². The quantitative estimate of drug-likeness (QED) is 0.848. The maximum atomic E-state index is 12.2. The summed E-state index contributed by atoms with van der Waals surface area (Å²) in [6.45, 7) is 5.93. The zero-order chi connectivity index (χ0) is 17.8. The molecule has 0 unspecified atom stereocenters. The van der Waals surface area contributed by atoms with Crippen molar-refractivity contribution >= 4 is 17.7 Å². The van der Waals surface area contributed by atoms with Crippen LogP contribution in [0, 0.1) is 0 Å². The molecule has 7 nitrogen and oxygen atoms in total. The van der Waals surface area contributed by atoms with Crippen LogP contribution in [0.2, 0.25) is 0 Å². The Hall–Kier alpha value is -1.93. The fourth-order valence-corrected chi connectivity index (χ4v) is 3.69. The third-order valence-corrected chi connectivity index (χ3v) is 5.16. The molecule has 0 atom stereocenters. The van der Waals surface area contributed by atoms with Gasteiger partial charge in [0.15, 0.2) is 5.16 Å². The molecule has 1 amide bonds. The topological polar surface area (TPSA) is 84.7 Å². The fraction of sp³-hybridized carbons (Fsp3) is 0.529. The first-order valence-electron chi connectivity index (χ1n) is 8.59. The van der Waals surface area contributed by atoms with E-state index in [9.17, 15) is 4.79 Å². The van der Waals surface area contributed by atoms with Crippen LogP contribution in [0.4, 0.5) is 0 Å². The van der Waals surface area contributed by atoms with Gasteiger partial charge in [-0.15, -0.1) is 10.2 Å². The average Bonchev–Trinajstić information content (AvgIpc) is 2.96. The molecule has 25 heavy (non-hydrogen) atoms. The zero-order valence-electron chi connectivity index (χ0n) is 14.8. The molecule has 1 fully saturated rings. The van der Waals surface area contributed by atoms with Crippen molar-refractivity contribution in [3.63, 3.8) is 0 Å². The van der Waals surface area contributed by atoms with Gasteiger partial charge in [0.25, 0.3) is 5.91 Å². The van der Waals surface area contributed by atoms with E-state index in [2.05, 4.69) is 25.8 Å². The van der Waals surface area contributed by atoms with Gasteiger partial charge >= 0.3 is 0 Å². The molecule has 0 bridgehead atoms. The van der Waals surface area contributed by atoms with Gasteiger partial charge in [-0.05, 0) is 63.7 Å². The van der Waals surface area contributed by atoms with Crippen molar-refractivity contribution in [1.82, 2.24) is 30.4 Å². The SMILES string of the molecule is CC(C)NC(=O)c1ccnc(Sc2nnc(C3CCNCC3)n2C)c1. The van der Waals surface area contributed by atoms with Crippen LogP contribution in [0.1, 0.15) is 48.8 Å². The van der Waals surface area contributed by atoms with Gasteiger partial charge in [-0.1, -0.05) is 0 Å². The highest BCUT2D eigenvalue weighted by Crippen LogP contribution is 2.29. The van der Waals surface area contributed by atoms with Crippen LogP contribution in [-0.4, -0.2) is 44.8 Å². The number of nitrogens with one attached hydrogen (secondary N) is 2. The zero-order valence-corrected chi connectivity index (χ0v) is 15.6. The minimum Gasteiger partial charge on any atom is -0.350 e. The number of carbonyl (C=O) groups is 1. The lowest BCUT2D eigenvalue weighted by Gasteiger charge is -2.21. The van der Waals surface area contributed by atoms with E-state index in [1.807, 2.05) is 25.5 Å². The van der Waals surface area contributed by atoms with Crippen LogP contribution in [0.5, 0.6) is 0 Å². The largest absolute Gasteiger partial charge is 0.350 e. The van der Waals surface area contributed by atoms with E-state index in [0.717, 1.165) is 41.9 Å². The first-order chi connectivity index (χ1) is 12.0. The molecule has 0 aromatic carbocycles.